The Hall–Kier alpha value is -5.04. The molecule has 2 atom stereocenters. The average Bonchev–Trinajstić information content (AvgIpc) is 3.27. The number of hydrogen-bond donors (Lipinski definition) is 1. The van der Waals surface area contributed by atoms with E-state index in [1.807, 2.05) is 50.2 Å². The molecule has 0 unspecified atom stereocenters. The van der Waals surface area contributed by atoms with Crippen molar-refractivity contribution in [1.29, 1.82) is 0 Å². The SMILES string of the molecule is Cc1ccc(NC(=O)COC(=O)c2cccc(N3C(=O)[C@@H]4C5c6ccccc6C(c6ccccc65)[C@@H]4C3=O)c2)cc1C. The molecule has 0 aromatic heterocycles. The van der Waals surface area contributed by atoms with Crippen LogP contribution in [0.5, 0.6) is 0 Å². The summed E-state index contributed by atoms with van der Waals surface area (Å²) >= 11 is 0. The zero-order chi connectivity index (χ0) is 29.1. The number of esters is 1. The molecule has 1 N–H and O–H groups in total. The van der Waals surface area contributed by atoms with E-state index in [1.165, 1.54) is 11.0 Å². The Balaban J connectivity index is 1.12. The van der Waals surface area contributed by atoms with Gasteiger partial charge in [-0.05, 0) is 77.6 Å². The van der Waals surface area contributed by atoms with Crippen LogP contribution in [0.1, 0.15) is 55.6 Å². The van der Waals surface area contributed by atoms with Crippen molar-refractivity contribution in [3.8, 4) is 0 Å². The summed E-state index contributed by atoms with van der Waals surface area (Å²) in [4.78, 5) is 54.6. The molecule has 1 saturated heterocycles. The van der Waals surface area contributed by atoms with Gasteiger partial charge in [-0.2, -0.15) is 0 Å². The maximum Gasteiger partial charge on any atom is 0.338 e. The molecule has 1 fully saturated rings. The summed E-state index contributed by atoms with van der Waals surface area (Å²) in [6.07, 6.45) is 0. The number of imide groups is 1. The normalized spacial score (nSPS) is 21.4. The van der Waals surface area contributed by atoms with Gasteiger partial charge in [-0.25, -0.2) is 9.69 Å². The first-order chi connectivity index (χ1) is 20.3. The highest BCUT2D eigenvalue weighted by Crippen LogP contribution is 2.61. The molecule has 208 valence electrons. The lowest BCUT2D eigenvalue weighted by molar-refractivity contribution is -0.122. The zero-order valence-electron chi connectivity index (χ0n) is 23.2. The predicted octanol–water partition coefficient (Wildman–Crippen LogP) is 5.50. The van der Waals surface area contributed by atoms with Crippen molar-refractivity contribution in [2.75, 3.05) is 16.8 Å². The van der Waals surface area contributed by atoms with E-state index in [1.54, 1.807) is 24.3 Å². The van der Waals surface area contributed by atoms with Crippen molar-refractivity contribution < 1.29 is 23.9 Å². The number of hydrogen-bond acceptors (Lipinski definition) is 5. The van der Waals surface area contributed by atoms with Crippen LogP contribution in [0.15, 0.2) is 91.0 Å². The first-order valence-electron chi connectivity index (χ1n) is 14.0. The summed E-state index contributed by atoms with van der Waals surface area (Å²) in [6, 6.07) is 28.0. The van der Waals surface area contributed by atoms with Gasteiger partial charge < -0.3 is 10.1 Å². The van der Waals surface area contributed by atoms with Crippen molar-refractivity contribution in [3.05, 3.63) is 130 Å². The Morgan fingerprint density at radius 3 is 1.83 bits per heavy atom. The average molecular weight is 557 g/mol. The molecule has 0 spiro atoms. The van der Waals surface area contributed by atoms with Gasteiger partial charge in [-0.1, -0.05) is 60.7 Å². The molecule has 0 radical (unpaired) electrons. The molecule has 42 heavy (non-hydrogen) atoms. The Kier molecular flexibility index (Phi) is 6.04. The monoisotopic (exact) mass is 556 g/mol. The summed E-state index contributed by atoms with van der Waals surface area (Å²) in [5.74, 6) is -3.16. The minimum atomic E-state index is -0.719. The topological polar surface area (TPSA) is 92.8 Å². The molecule has 0 saturated carbocycles. The van der Waals surface area contributed by atoms with E-state index in [0.717, 1.165) is 33.4 Å². The number of nitrogens with one attached hydrogen (secondary N) is 1. The number of anilines is 2. The van der Waals surface area contributed by atoms with Crippen LogP contribution >= 0.6 is 0 Å². The summed E-state index contributed by atoms with van der Waals surface area (Å²) in [5.41, 5.74) is 7.63. The van der Waals surface area contributed by atoms with Crippen molar-refractivity contribution in [1.82, 2.24) is 0 Å². The minimum absolute atomic E-state index is 0.150. The summed E-state index contributed by atoms with van der Waals surface area (Å²) in [5, 5.41) is 2.73. The van der Waals surface area contributed by atoms with Gasteiger partial charge in [0.25, 0.3) is 5.91 Å². The Morgan fingerprint density at radius 2 is 1.29 bits per heavy atom. The molecule has 4 aliphatic rings. The minimum Gasteiger partial charge on any atom is -0.452 e. The lowest BCUT2D eigenvalue weighted by Crippen LogP contribution is -2.41. The van der Waals surface area contributed by atoms with E-state index >= 15 is 0 Å². The van der Waals surface area contributed by atoms with Crippen LogP contribution in [0.4, 0.5) is 11.4 Å². The van der Waals surface area contributed by atoms with Crippen LogP contribution < -0.4 is 10.2 Å². The highest BCUT2D eigenvalue weighted by molar-refractivity contribution is 6.23. The third-order valence-corrected chi connectivity index (χ3v) is 8.91. The summed E-state index contributed by atoms with van der Waals surface area (Å²) in [7, 11) is 0. The van der Waals surface area contributed by atoms with E-state index in [9.17, 15) is 19.2 Å². The smallest absolute Gasteiger partial charge is 0.338 e. The number of rotatable bonds is 5. The molecular weight excluding hydrogens is 528 g/mol. The molecule has 7 nitrogen and oxygen atoms in total. The fourth-order valence-electron chi connectivity index (χ4n) is 6.93. The second-order valence-electron chi connectivity index (χ2n) is 11.3. The second kappa shape index (κ2) is 9.80. The van der Waals surface area contributed by atoms with Crippen LogP contribution in [0.2, 0.25) is 0 Å². The van der Waals surface area contributed by atoms with Gasteiger partial charge in [-0.15, -0.1) is 0 Å². The summed E-state index contributed by atoms with van der Waals surface area (Å²) < 4.78 is 5.27. The van der Waals surface area contributed by atoms with Crippen molar-refractivity contribution in [3.63, 3.8) is 0 Å². The molecule has 4 aromatic rings. The van der Waals surface area contributed by atoms with E-state index < -0.39 is 30.3 Å². The highest BCUT2D eigenvalue weighted by atomic mass is 16.5. The second-order valence-corrected chi connectivity index (χ2v) is 11.3. The number of nitrogens with zero attached hydrogens (tertiary/aromatic N) is 1. The summed E-state index contributed by atoms with van der Waals surface area (Å²) in [6.45, 7) is 3.46. The van der Waals surface area contributed by atoms with Crippen LogP contribution in [0, 0.1) is 25.7 Å². The van der Waals surface area contributed by atoms with Gasteiger partial charge in [-0.3, -0.25) is 14.4 Å². The molecule has 1 heterocycles. The molecule has 2 bridgehead atoms. The third-order valence-electron chi connectivity index (χ3n) is 8.91. The van der Waals surface area contributed by atoms with Gasteiger partial charge in [0, 0.05) is 17.5 Å². The van der Waals surface area contributed by atoms with Gasteiger partial charge >= 0.3 is 5.97 Å². The zero-order valence-corrected chi connectivity index (χ0v) is 23.2. The van der Waals surface area contributed by atoms with Crippen LogP contribution in [-0.4, -0.2) is 30.3 Å². The van der Waals surface area contributed by atoms with Gasteiger partial charge in [0.05, 0.1) is 23.1 Å². The predicted molar refractivity (Wildman–Crippen MR) is 157 cm³/mol. The Bertz CT molecular complexity index is 1700. The molecule has 3 aliphatic carbocycles. The van der Waals surface area contributed by atoms with Crippen molar-refractivity contribution in [2.24, 2.45) is 11.8 Å². The fraction of sp³-hybridized carbons (Fsp3) is 0.200. The maximum absolute atomic E-state index is 14.0. The number of benzene rings is 4. The van der Waals surface area contributed by atoms with Gasteiger partial charge in [0.15, 0.2) is 6.61 Å². The van der Waals surface area contributed by atoms with Crippen LogP contribution in [0.25, 0.3) is 0 Å². The largest absolute Gasteiger partial charge is 0.452 e. The maximum atomic E-state index is 14.0. The van der Waals surface area contributed by atoms with E-state index in [-0.39, 0.29) is 29.2 Å². The number of carbonyl (C=O) groups is 4. The van der Waals surface area contributed by atoms with E-state index in [2.05, 4.69) is 29.6 Å². The molecular formula is C35H28N2O5. The number of amides is 3. The quantitative estimate of drug-likeness (QED) is 0.259. The first-order valence-corrected chi connectivity index (χ1v) is 14.0. The molecule has 3 amide bonds. The fourth-order valence-corrected chi connectivity index (χ4v) is 6.93. The van der Waals surface area contributed by atoms with Crippen LogP contribution in [-0.2, 0) is 19.1 Å². The van der Waals surface area contributed by atoms with E-state index in [4.69, 9.17) is 4.74 Å². The Labute approximate surface area is 243 Å². The number of ether oxygens (including phenoxy) is 1. The van der Waals surface area contributed by atoms with Crippen molar-refractivity contribution in [2.45, 2.75) is 25.7 Å². The molecule has 7 heteroatoms. The van der Waals surface area contributed by atoms with E-state index in [0.29, 0.717) is 11.4 Å². The number of carbonyl (C=O) groups excluding carboxylic acids is 4. The highest BCUT2D eigenvalue weighted by Gasteiger charge is 2.61. The van der Waals surface area contributed by atoms with Crippen molar-refractivity contribution >= 4 is 35.1 Å². The van der Waals surface area contributed by atoms with Gasteiger partial charge in [0.1, 0.15) is 0 Å². The lowest BCUT2D eigenvalue weighted by atomic mass is 9.55. The third kappa shape index (κ3) is 3.96. The molecule has 4 aromatic carbocycles. The molecule has 8 rings (SSSR count). The lowest BCUT2D eigenvalue weighted by Gasteiger charge is -2.45. The van der Waals surface area contributed by atoms with Crippen LogP contribution in [0.3, 0.4) is 0 Å². The Morgan fingerprint density at radius 1 is 0.714 bits per heavy atom. The first kappa shape index (κ1) is 25.9. The number of aryl methyl sites for hydroxylation is 2. The van der Waals surface area contributed by atoms with Gasteiger partial charge in [0.2, 0.25) is 11.8 Å². The molecule has 1 aliphatic heterocycles. The standard InChI is InChI=1S/C35H28N2O5/c1-19-14-15-22(16-20(19)2)36-28(38)18-42-35(41)21-8-7-9-23(17-21)37-33(39)31-29-24-10-3-4-11-25(24)30(32(31)34(37)40)27-13-6-5-12-26(27)29/h3-17,29-32H,18H2,1-2H3,(H,36,38)/t29?,30?,31-,32+.